The van der Waals surface area contributed by atoms with Crippen LogP contribution in [-0.2, 0) is 21.9 Å². The SMILES string of the molecule is CC(=O)N[C@@H](c1ccc(C(F)(F)F)cc1)[C@@H](NC(C)=O)c1ccc(C(F)(F)F)cc1. The van der Waals surface area contributed by atoms with Crippen molar-refractivity contribution < 1.29 is 35.9 Å². The topological polar surface area (TPSA) is 58.2 Å². The summed E-state index contributed by atoms with van der Waals surface area (Å²) in [5.74, 6) is -1.08. The third-order valence-electron chi connectivity index (χ3n) is 4.25. The van der Waals surface area contributed by atoms with E-state index >= 15 is 0 Å². The molecule has 0 aliphatic heterocycles. The van der Waals surface area contributed by atoms with Gasteiger partial charge in [-0.1, -0.05) is 24.3 Å². The van der Waals surface area contributed by atoms with Crippen LogP contribution in [0.15, 0.2) is 48.5 Å². The monoisotopic (exact) mass is 432 g/mol. The maximum Gasteiger partial charge on any atom is 0.416 e. The van der Waals surface area contributed by atoms with Gasteiger partial charge in [-0.05, 0) is 35.4 Å². The second-order valence-corrected chi connectivity index (χ2v) is 6.60. The van der Waals surface area contributed by atoms with Gasteiger partial charge >= 0.3 is 12.4 Å². The van der Waals surface area contributed by atoms with Gasteiger partial charge in [-0.2, -0.15) is 26.3 Å². The van der Waals surface area contributed by atoms with Crippen LogP contribution in [-0.4, -0.2) is 11.8 Å². The molecule has 0 aliphatic carbocycles. The summed E-state index contributed by atoms with van der Waals surface area (Å²) in [5, 5.41) is 5.09. The molecule has 0 aromatic heterocycles. The molecule has 0 heterocycles. The van der Waals surface area contributed by atoms with Gasteiger partial charge < -0.3 is 10.6 Å². The Morgan fingerprint density at radius 2 is 0.900 bits per heavy atom. The van der Waals surface area contributed by atoms with Crippen molar-refractivity contribution in [3.8, 4) is 0 Å². The van der Waals surface area contributed by atoms with Crippen LogP contribution in [0.2, 0.25) is 0 Å². The van der Waals surface area contributed by atoms with E-state index in [-0.39, 0.29) is 11.1 Å². The highest BCUT2D eigenvalue weighted by atomic mass is 19.4. The third kappa shape index (κ3) is 5.98. The summed E-state index contributed by atoms with van der Waals surface area (Å²) in [4.78, 5) is 23.4. The normalized spacial score (nSPS) is 14.0. The number of nitrogens with one attached hydrogen (secondary N) is 2. The summed E-state index contributed by atoms with van der Waals surface area (Å²) in [6.07, 6.45) is -9.13. The first-order chi connectivity index (χ1) is 13.8. The van der Waals surface area contributed by atoms with Crippen molar-refractivity contribution in [2.75, 3.05) is 0 Å². The number of hydrogen-bond acceptors (Lipinski definition) is 2. The molecular formula is C20H18F6N2O2. The zero-order chi connectivity index (χ0) is 22.7. The lowest BCUT2D eigenvalue weighted by Crippen LogP contribution is -2.39. The van der Waals surface area contributed by atoms with Crippen LogP contribution in [0.1, 0.15) is 48.2 Å². The quantitative estimate of drug-likeness (QED) is 0.669. The van der Waals surface area contributed by atoms with E-state index in [0.29, 0.717) is 0 Å². The van der Waals surface area contributed by atoms with Gasteiger partial charge in [0.2, 0.25) is 11.8 Å². The van der Waals surface area contributed by atoms with Crippen molar-refractivity contribution in [1.82, 2.24) is 10.6 Å². The predicted molar refractivity (Wildman–Crippen MR) is 96.0 cm³/mol. The predicted octanol–water partition coefficient (Wildman–Crippen LogP) is 4.78. The van der Waals surface area contributed by atoms with E-state index in [1.54, 1.807) is 0 Å². The molecule has 0 radical (unpaired) electrons. The first-order valence-corrected chi connectivity index (χ1v) is 8.67. The summed E-state index contributed by atoms with van der Waals surface area (Å²) < 4.78 is 77.1. The van der Waals surface area contributed by atoms with E-state index < -0.39 is 47.4 Å². The van der Waals surface area contributed by atoms with Gasteiger partial charge in [0.15, 0.2) is 0 Å². The van der Waals surface area contributed by atoms with Gasteiger partial charge in [0.1, 0.15) is 0 Å². The average molecular weight is 432 g/mol. The van der Waals surface area contributed by atoms with Crippen molar-refractivity contribution in [3.05, 3.63) is 70.8 Å². The molecule has 0 unspecified atom stereocenters. The largest absolute Gasteiger partial charge is 0.416 e. The molecule has 0 spiro atoms. The Morgan fingerprint density at radius 1 is 0.633 bits per heavy atom. The fourth-order valence-electron chi connectivity index (χ4n) is 2.92. The number of halogens is 6. The summed E-state index contributed by atoms with van der Waals surface area (Å²) in [5.41, 5.74) is -1.34. The molecule has 0 saturated heterocycles. The van der Waals surface area contributed by atoms with Crippen molar-refractivity contribution in [3.63, 3.8) is 0 Å². The average Bonchev–Trinajstić information content (AvgIpc) is 2.63. The number of rotatable bonds is 5. The van der Waals surface area contributed by atoms with Crippen LogP contribution in [0.5, 0.6) is 0 Å². The minimum atomic E-state index is -4.56. The molecule has 2 rings (SSSR count). The summed E-state index contributed by atoms with van der Waals surface area (Å²) in [7, 11) is 0. The van der Waals surface area contributed by atoms with Crippen molar-refractivity contribution in [2.24, 2.45) is 0 Å². The second kappa shape index (κ2) is 8.76. The first kappa shape index (κ1) is 23.2. The van der Waals surface area contributed by atoms with Crippen molar-refractivity contribution in [2.45, 2.75) is 38.3 Å². The fraction of sp³-hybridized carbons (Fsp3) is 0.300. The van der Waals surface area contributed by atoms with Gasteiger partial charge in [0, 0.05) is 13.8 Å². The molecule has 0 aliphatic rings. The number of amides is 2. The zero-order valence-electron chi connectivity index (χ0n) is 15.9. The number of benzene rings is 2. The number of carbonyl (C=O) groups is 2. The van der Waals surface area contributed by atoms with Gasteiger partial charge in [0.05, 0.1) is 23.2 Å². The molecule has 2 N–H and O–H groups in total. The molecule has 0 bridgehead atoms. The smallest absolute Gasteiger partial charge is 0.347 e. The second-order valence-electron chi connectivity index (χ2n) is 6.60. The molecule has 2 amide bonds. The maximum atomic E-state index is 12.8. The van der Waals surface area contributed by atoms with Crippen LogP contribution >= 0.6 is 0 Å². The Morgan fingerprint density at radius 3 is 1.10 bits per heavy atom. The van der Waals surface area contributed by atoms with E-state index in [9.17, 15) is 35.9 Å². The minimum Gasteiger partial charge on any atom is -0.347 e. The molecule has 2 atom stereocenters. The Balaban J connectivity index is 2.50. The Bertz CT molecular complexity index is 814. The fourth-order valence-corrected chi connectivity index (χ4v) is 2.92. The molecule has 0 fully saturated rings. The van der Waals surface area contributed by atoms with Gasteiger partial charge in [0.25, 0.3) is 0 Å². The Labute approximate surface area is 168 Å². The summed E-state index contributed by atoms with van der Waals surface area (Å²) in [6, 6.07) is 5.80. The molecule has 30 heavy (non-hydrogen) atoms. The molecule has 0 saturated carbocycles. The highest BCUT2D eigenvalue weighted by molar-refractivity contribution is 5.75. The van der Waals surface area contributed by atoms with Crippen LogP contribution in [0.3, 0.4) is 0 Å². The number of carbonyl (C=O) groups excluding carboxylic acids is 2. The summed E-state index contributed by atoms with van der Waals surface area (Å²) in [6.45, 7) is 2.35. The van der Waals surface area contributed by atoms with E-state index in [1.807, 2.05) is 0 Å². The molecule has 2 aromatic carbocycles. The van der Waals surface area contributed by atoms with Crippen LogP contribution < -0.4 is 10.6 Å². The van der Waals surface area contributed by atoms with Crippen LogP contribution in [0.25, 0.3) is 0 Å². The van der Waals surface area contributed by atoms with Gasteiger partial charge in [-0.3, -0.25) is 9.59 Å². The number of alkyl halides is 6. The lowest BCUT2D eigenvalue weighted by atomic mass is 9.91. The standard InChI is InChI=1S/C20H18F6N2O2/c1-11(29)27-17(13-3-7-15(8-4-13)19(21,22)23)18(28-12(2)30)14-5-9-16(10-6-14)20(24,25)26/h3-10,17-18H,1-2H3,(H,27,29)(H,28,30)/t17-,18-/m0/s1. The Kier molecular flexibility index (Phi) is 6.79. The molecule has 162 valence electrons. The molecule has 2 aromatic rings. The minimum absolute atomic E-state index is 0.233. The molecular weight excluding hydrogens is 414 g/mol. The van der Waals surface area contributed by atoms with E-state index in [0.717, 1.165) is 48.5 Å². The van der Waals surface area contributed by atoms with Crippen molar-refractivity contribution in [1.29, 1.82) is 0 Å². The van der Waals surface area contributed by atoms with Crippen LogP contribution in [0, 0.1) is 0 Å². The van der Waals surface area contributed by atoms with Gasteiger partial charge in [-0.25, -0.2) is 0 Å². The van der Waals surface area contributed by atoms with E-state index in [4.69, 9.17) is 0 Å². The lowest BCUT2D eigenvalue weighted by molar-refractivity contribution is -0.138. The van der Waals surface area contributed by atoms with Gasteiger partial charge in [-0.15, -0.1) is 0 Å². The first-order valence-electron chi connectivity index (χ1n) is 8.67. The molecule has 4 nitrogen and oxygen atoms in total. The van der Waals surface area contributed by atoms with E-state index in [2.05, 4.69) is 10.6 Å². The van der Waals surface area contributed by atoms with E-state index in [1.165, 1.54) is 13.8 Å². The van der Waals surface area contributed by atoms with Crippen molar-refractivity contribution >= 4 is 11.8 Å². The summed E-state index contributed by atoms with van der Waals surface area (Å²) >= 11 is 0. The Hall–Kier alpha value is -3.04. The number of hydrogen-bond donors (Lipinski definition) is 2. The molecule has 10 heteroatoms. The third-order valence-corrected chi connectivity index (χ3v) is 4.25. The maximum absolute atomic E-state index is 12.8. The highest BCUT2D eigenvalue weighted by Crippen LogP contribution is 2.35. The van der Waals surface area contributed by atoms with Crippen LogP contribution in [0.4, 0.5) is 26.3 Å². The lowest BCUT2D eigenvalue weighted by Gasteiger charge is -2.29. The highest BCUT2D eigenvalue weighted by Gasteiger charge is 2.33. The zero-order valence-corrected chi connectivity index (χ0v) is 15.9.